The van der Waals surface area contributed by atoms with Gasteiger partial charge in [0.05, 0.1) is 6.04 Å². The molecule has 0 saturated heterocycles. The molecular weight excluding hydrogens is 581 g/mol. The maximum absolute atomic E-state index is 2.75. The van der Waals surface area contributed by atoms with E-state index in [9.17, 15) is 0 Å². The van der Waals surface area contributed by atoms with Crippen molar-refractivity contribution in [3.63, 3.8) is 0 Å². The second kappa shape index (κ2) is 14.7. The van der Waals surface area contributed by atoms with E-state index >= 15 is 0 Å². The van der Waals surface area contributed by atoms with Gasteiger partial charge in [0.15, 0.2) is 0 Å². The number of hydrogen-bond acceptors (Lipinski definition) is 2. The third kappa shape index (κ3) is 7.05. The topological polar surface area (TPSA) is 6.48 Å². The fourth-order valence-electron chi connectivity index (χ4n) is 9.68. The van der Waals surface area contributed by atoms with E-state index in [2.05, 4.69) is 123 Å². The molecular formula is C46H60N2. The number of hydrogen-bond donors (Lipinski definition) is 0. The first-order chi connectivity index (χ1) is 23.4. The summed E-state index contributed by atoms with van der Waals surface area (Å²) in [5.41, 5.74) is 12.1. The third-order valence-corrected chi connectivity index (χ3v) is 12.7. The molecule has 0 aromatic heterocycles. The Morgan fingerprint density at radius 1 is 0.562 bits per heavy atom. The van der Waals surface area contributed by atoms with Gasteiger partial charge in [-0.2, -0.15) is 0 Å². The van der Waals surface area contributed by atoms with Crippen molar-refractivity contribution >= 4 is 0 Å². The highest BCUT2D eigenvalue weighted by molar-refractivity contribution is 5.40. The quantitative estimate of drug-likeness (QED) is 0.244. The Hall–Kier alpha value is -3.26. The molecule has 0 aromatic carbocycles. The van der Waals surface area contributed by atoms with Crippen LogP contribution in [-0.2, 0) is 0 Å². The average Bonchev–Trinajstić information content (AvgIpc) is 3.13. The van der Waals surface area contributed by atoms with Crippen LogP contribution in [0.4, 0.5) is 0 Å². The molecule has 7 aliphatic carbocycles. The Labute approximate surface area is 292 Å². The molecule has 0 aliphatic heterocycles. The highest BCUT2D eigenvalue weighted by Gasteiger charge is 2.45. The van der Waals surface area contributed by atoms with Gasteiger partial charge in [0, 0.05) is 28.5 Å². The van der Waals surface area contributed by atoms with E-state index in [0.717, 1.165) is 38.5 Å². The first-order valence-corrected chi connectivity index (χ1v) is 19.5. The maximum atomic E-state index is 2.75. The van der Waals surface area contributed by atoms with Gasteiger partial charge in [-0.15, -0.1) is 0 Å². The van der Waals surface area contributed by atoms with Crippen LogP contribution in [0.5, 0.6) is 0 Å². The molecule has 7 rings (SSSR count). The molecule has 0 amide bonds. The van der Waals surface area contributed by atoms with Gasteiger partial charge in [-0.25, -0.2) is 0 Å². The Morgan fingerprint density at radius 3 is 1.62 bits per heavy atom. The summed E-state index contributed by atoms with van der Waals surface area (Å²) in [5.74, 6) is 1.91. The molecule has 7 aliphatic rings. The summed E-state index contributed by atoms with van der Waals surface area (Å²) >= 11 is 0. The number of nitrogens with zero attached hydrogens (tertiary/aromatic N) is 2. The van der Waals surface area contributed by atoms with Crippen LogP contribution in [0.15, 0.2) is 130 Å². The first kappa shape index (κ1) is 33.2. The van der Waals surface area contributed by atoms with Crippen molar-refractivity contribution in [1.82, 2.24) is 9.80 Å². The molecule has 0 bridgehead atoms. The fourth-order valence-corrected chi connectivity index (χ4v) is 9.68. The minimum atomic E-state index is 0.380. The lowest BCUT2D eigenvalue weighted by Crippen LogP contribution is -2.42. The van der Waals surface area contributed by atoms with E-state index in [0.29, 0.717) is 29.2 Å². The largest absolute Gasteiger partial charge is 0.342 e. The molecule has 1 saturated carbocycles. The van der Waals surface area contributed by atoms with Crippen LogP contribution in [0, 0.1) is 23.2 Å². The molecule has 1 fully saturated rings. The monoisotopic (exact) mass is 640 g/mol. The van der Waals surface area contributed by atoms with Crippen molar-refractivity contribution < 1.29 is 0 Å². The zero-order chi connectivity index (χ0) is 33.1. The molecule has 0 heterocycles. The summed E-state index contributed by atoms with van der Waals surface area (Å²) in [4.78, 5) is 5.33. The highest BCUT2D eigenvalue weighted by atomic mass is 15.2. The molecule has 254 valence electrons. The predicted molar refractivity (Wildman–Crippen MR) is 204 cm³/mol. The smallest absolute Gasteiger partial charge is 0.0516 e. The van der Waals surface area contributed by atoms with Gasteiger partial charge in [-0.05, 0) is 151 Å². The molecule has 2 nitrogen and oxygen atoms in total. The van der Waals surface area contributed by atoms with E-state index in [1.807, 2.05) is 0 Å². The first-order valence-electron chi connectivity index (χ1n) is 19.5. The van der Waals surface area contributed by atoms with Crippen molar-refractivity contribution in [1.29, 1.82) is 0 Å². The van der Waals surface area contributed by atoms with E-state index in [1.165, 1.54) is 103 Å². The second-order valence-electron chi connectivity index (χ2n) is 16.2. The predicted octanol–water partition coefficient (Wildman–Crippen LogP) is 12.7. The third-order valence-electron chi connectivity index (χ3n) is 12.7. The van der Waals surface area contributed by atoms with Crippen molar-refractivity contribution in [2.75, 3.05) is 0 Å². The maximum Gasteiger partial charge on any atom is 0.0516 e. The Kier molecular flexibility index (Phi) is 10.2. The zero-order valence-corrected chi connectivity index (χ0v) is 30.4. The molecule has 0 spiro atoms. The van der Waals surface area contributed by atoms with Gasteiger partial charge in [0.25, 0.3) is 0 Å². The van der Waals surface area contributed by atoms with Gasteiger partial charge in [0.2, 0.25) is 0 Å². The van der Waals surface area contributed by atoms with E-state index < -0.39 is 0 Å². The van der Waals surface area contributed by atoms with Crippen LogP contribution in [0.1, 0.15) is 124 Å². The van der Waals surface area contributed by atoms with E-state index in [4.69, 9.17) is 0 Å². The summed E-state index contributed by atoms with van der Waals surface area (Å²) < 4.78 is 0. The molecule has 0 aromatic rings. The van der Waals surface area contributed by atoms with Crippen molar-refractivity contribution in [2.45, 2.75) is 130 Å². The minimum Gasteiger partial charge on any atom is -0.342 e. The van der Waals surface area contributed by atoms with E-state index in [-0.39, 0.29) is 0 Å². The van der Waals surface area contributed by atoms with Gasteiger partial charge < -0.3 is 9.80 Å². The summed E-state index contributed by atoms with van der Waals surface area (Å²) in [6.45, 7) is 9.15. The van der Waals surface area contributed by atoms with Crippen molar-refractivity contribution in [3.8, 4) is 0 Å². The zero-order valence-electron chi connectivity index (χ0n) is 30.4. The van der Waals surface area contributed by atoms with Crippen molar-refractivity contribution in [2.24, 2.45) is 23.2 Å². The Balaban J connectivity index is 1.13. The lowest BCUT2D eigenvalue weighted by Gasteiger charge is -2.50. The normalized spacial score (nSPS) is 30.2. The van der Waals surface area contributed by atoms with Gasteiger partial charge in [-0.3, -0.25) is 0 Å². The van der Waals surface area contributed by atoms with Gasteiger partial charge in [0.1, 0.15) is 0 Å². The summed E-state index contributed by atoms with van der Waals surface area (Å²) in [6.07, 6.45) is 53.4. The SMILES string of the molecule is CC1=CC=C(N(C2=CCC(C)C=C2)C2=CCC(C3(C4C=CC(N(C5=CC=C(C)CC5)C5=CC=C(C)CC5)CC4)CCCCC3)C=C2)CC1. The molecule has 0 radical (unpaired) electrons. The molecule has 4 unspecified atom stereocenters. The second-order valence-corrected chi connectivity index (χ2v) is 16.2. The van der Waals surface area contributed by atoms with Crippen LogP contribution >= 0.6 is 0 Å². The van der Waals surface area contributed by atoms with Gasteiger partial charge in [-0.1, -0.05) is 97.6 Å². The minimum absolute atomic E-state index is 0.380. The van der Waals surface area contributed by atoms with Crippen LogP contribution < -0.4 is 0 Å². The lowest BCUT2D eigenvalue weighted by molar-refractivity contribution is 0.0573. The standard InChI is InChI=1S/C46H60N2/c1-34-8-20-40(21-9-34)47(41-22-10-35(2)11-23-41)44-28-16-38(17-29-44)46(32-6-5-7-33-46)39-18-30-45(31-19-39)48(42-24-12-36(3)13-25-42)43-26-14-37(4)15-27-43/h8,10,12,14,16,18,20-22,24,26,28-30,34,38-39,45H,5-7,9,11,13,15,17,19,23,25,27,31-33H2,1-4H3. The highest BCUT2D eigenvalue weighted by Crippen LogP contribution is 2.54. The lowest BCUT2D eigenvalue weighted by atomic mass is 9.56. The molecule has 2 heteroatoms. The van der Waals surface area contributed by atoms with Crippen LogP contribution in [0.25, 0.3) is 0 Å². The van der Waals surface area contributed by atoms with Crippen molar-refractivity contribution in [3.05, 3.63) is 130 Å². The molecule has 4 atom stereocenters. The summed E-state index contributed by atoms with van der Waals surface area (Å²) in [6, 6.07) is 0.473. The van der Waals surface area contributed by atoms with Crippen LogP contribution in [0.3, 0.4) is 0 Å². The van der Waals surface area contributed by atoms with E-state index in [1.54, 1.807) is 0 Å². The summed E-state index contributed by atoms with van der Waals surface area (Å²) in [5, 5.41) is 0. The summed E-state index contributed by atoms with van der Waals surface area (Å²) in [7, 11) is 0. The number of allylic oxidation sites excluding steroid dienone is 19. The number of rotatable bonds is 8. The molecule has 48 heavy (non-hydrogen) atoms. The Morgan fingerprint density at radius 2 is 1.15 bits per heavy atom. The van der Waals surface area contributed by atoms with Crippen LogP contribution in [0.2, 0.25) is 0 Å². The Bertz CT molecular complexity index is 1530. The molecule has 0 N–H and O–H groups in total. The van der Waals surface area contributed by atoms with Crippen LogP contribution in [-0.4, -0.2) is 15.8 Å². The fraction of sp³-hybridized carbons (Fsp3) is 0.522. The average molecular weight is 641 g/mol. The van der Waals surface area contributed by atoms with Gasteiger partial charge >= 0.3 is 0 Å².